The second-order valence-corrected chi connectivity index (χ2v) is 6.10. The van der Waals surface area contributed by atoms with Gasteiger partial charge in [0.1, 0.15) is 0 Å². The quantitative estimate of drug-likeness (QED) is 0.802. The Bertz CT molecular complexity index is 531. The topological polar surface area (TPSA) is 46.6 Å². The first-order chi connectivity index (χ1) is 10.5. The normalized spacial score (nSPS) is 15.9. The average molecular weight is 303 g/mol. The van der Waals surface area contributed by atoms with Crippen LogP contribution in [0.15, 0.2) is 24.3 Å². The second-order valence-electron chi connectivity index (χ2n) is 6.10. The van der Waals surface area contributed by atoms with Crippen molar-refractivity contribution < 1.29 is 14.3 Å². The summed E-state index contributed by atoms with van der Waals surface area (Å²) >= 11 is 0. The van der Waals surface area contributed by atoms with E-state index in [1.165, 1.54) is 5.56 Å². The molecule has 22 heavy (non-hydrogen) atoms. The minimum absolute atomic E-state index is 0.0600. The molecule has 0 bridgehead atoms. The number of benzene rings is 1. The zero-order valence-corrected chi connectivity index (χ0v) is 13.7. The van der Waals surface area contributed by atoms with Crippen LogP contribution in [-0.4, -0.2) is 36.5 Å². The molecule has 1 heterocycles. The molecule has 1 aliphatic rings. The van der Waals surface area contributed by atoms with Crippen LogP contribution in [0.25, 0.3) is 0 Å². The molecule has 4 heteroatoms. The largest absolute Gasteiger partial charge is 0.466 e. The van der Waals surface area contributed by atoms with Crippen molar-refractivity contribution in [1.82, 2.24) is 4.90 Å². The van der Waals surface area contributed by atoms with Gasteiger partial charge in [-0.3, -0.25) is 9.59 Å². The third-order valence-corrected chi connectivity index (χ3v) is 4.20. The first-order valence-electron chi connectivity index (χ1n) is 8.08. The molecule has 1 aromatic carbocycles. The molecule has 1 aromatic rings. The van der Waals surface area contributed by atoms with E-state index in [0.29, 0.717) is 38.5 Å². The fraction of sp³-hybridized carbons (Fsp3) is 0.556. The third kappa shape index (κ3) is 3.87. The molecule has 0 saturated carbocycles. The van der Waals surface area contributed by atoms with Gasteiger partial charge < -0.3 is 9.64 Å². The van der Waals surface area contributed by atoms with E-state index in [4.69, 9.17) is 4.74 Å². The fourth-order valence-corrected chi connectivity index (χ4v) is 2.79. The molecule has 0 radical (unpaired) electrons. The van der Waals surface area contributed by atoms with Gasteiger partial charge in [0, 0.05) is 18.7 Å². The maximum absolute atomic E-state index is 12.6. The van der Waals surface area contributed by atoms with Crippen molar-refractivity contribution in [2.24, 2.45) is 5.92 Å². The van der Waals surface area contributed by atoms with Gasteiger partial charge in [0.25, 0.3) is 5.91 Å². The molecular formula is C18H25NO3. The Kier molecular flexibility index (Phi) is 5.58. The molecule has 1 fully saturated rings. The van der Waals surface area contributed by atoms with E-state index in [0.717, 1.165) is 5.56 Å². The molecule has 0 aliphatic carbocycles. The Balaban J connectivity index is 1.98. The predicted octanol–water partition coefficient (Wildman–Crippen LogP) is 3.23. The Morgan fingerprint density at radius 1 is 1.27 bits per heavy atom. The monoisotopic (exact) mass is 303 g/mol. The van der Waals surface area contributed by atoms with Gasteiger partial charge in [0.2, 0.25) is 0 Å². The summed E-state index contributed by atoms with van der Waals surface area (Å²) in [6.07, 6.45) is 1.38. The number of hydrogen-bond donors (Lipinski definition) is 0. The summed E-state index contributed by atoms with van der Waals surface area (Å²) in [4.78, 5) is 26.2. The summed E-state index contributed by atoms with van der Waals surface area (Å²) in [6, 6.07) is 7.83. The van der Waals surface area contributed by atoms with E-state index in [1.54, 1.807) is 0 Å². The molecule has 0 N–H and O–H groups in total. The van der Waals surface area contributed by atoms with Crippen molar-refractivity contribution in [3.63, 3.8) is 0 Å². The smallest absolute Gasteiger partial charge is 0.309 e. The van der Waals surface area contributed by atoms with Gasteiger partial charge in [0.15, 0.2) is 0 Å². The Hall–Kier alpha value is -1.84. The van der Waals surface area contributed by atoms with Crippen LogP contribution in [0.3, 0.4) is 0 Å². The highest BCUT2D eigenvalue weighted by atomic mass is 16.5. The zero-order valence-electron chi connectivity index (χ0n) is 13.7. The van der Waals surface area contributed by atoms with Crippen LogP contribution in [-0.2, 0) is 9.53 Å². The Labute approximate surface area is 132 Å². The zero-order chi connectivity index (χ0) is 16.1. The predicted molar refractivity (Wildman–Crippen MR) is 85.8 cm³/mol. The molecule has 0 unspecified atom stereocenters. The van der Waals surface area contributed by atoms with Crippen LogP contribution >= 0.6 is 0 Å². The SMILES string of the molecule is CCOC(=O)C1CCN(C(=O)c2cccc(C(C)C)c2)CC1. The minimum atomic E-state index is -0.128. The lowest BCUT2D eigenvalue weighted by Crippen LogP contribution is -2.40. The van der Waals surface area contributed by atoms with Crippen molar-refractivity contribution in [1.29, 1.82) is 0 Å². The average Bonchev–Trinajstić information content (AvgIpc) is 2.54. The summed E-state index contributed by atoms with van der Waals surface area (Å²) in [5.74, 6) is 0.273. The maximum Gasteiger partial charge on any atom is 0.309 e. The van der Waals surface area contributed by atoms with Gasteiger partial charge in [0.05, 0.1) is 12.5 Å². The van der Waals surface area contributed by atoms with Gasteiger partial charge in [-0.2, -0.15) is 0 Å². The molecule has 0 atom stereocenters. The van der Waals surface area contributed by atoms with Crippen molar-refractivity contribution in [2.75, 3.05) is 19.7 Å². The Morgan fingerprint density at radius 2 is 1.95 bits per heavy atom. The number of amides is 1. The van der Waals surface area contributed by atoms with Crippen molar-refractivity contribution in [3.8, 4) is 0 Å². The highest BCUT2D eigenvalue weighted by molar-refractivity contribution is 5.94. The van der Waals surface area contributed by atoms with Crippen LogP contribution in [0.5, 0.6) is 0 Å². The Morgan fingerprint density at radius 3 is 2.55 bits per heavy atom. The van der Waals surface area contributed by atoms with Crippen LogP contribution in [0.4, 0.5) is 0 Å². The van der Waals surface area contributed by atoms with Gasteiger partial charge in [-0.25, -0.2) is 0 Å². The molecule has 1 amide bonds. The summed E-state index contributed by atoms with van der Waals surface area (Å²) in [5, 5.41) is 0. The van der Waals surface area contributed by atoms with Crippen LogP contribution in [0, 0.1) is 5.92 Å². The van der Waals surface area contributed by atoms with Gasteiger partial charge in [-0.1, -0.05) is 26.0 Å². The molecule has 120 valence electrons. The number of hydrogen-bond acceptors (Lipinski definition) is 3. The molecule has 1 aliphatic heterocycles. The van der Waals surface area contributed by atoms with Crippen molar-refractivity contribution >= 4 is 11.9 Å². The number of ether oxygens (including phenoxy) is 1. The van der Waals surface area contributed by atoms with E-state index in [1.807, 2.05) is 30.0 Å². The van der Waals surface area contributed by atoms with E-state index >= 15 is 0 Å². The number of esters is 1. The number of likely N-dealkylation sites (tertiary alicyclic amines) is 1. The third-order valence-electron chi connectivity index (χ3n) is 4.20. The molecule has 0 aromatic heterocycles. The summed E-state index contributed by atoms with van der Waals surface area (Å²) in [5.41, 5.74) is 1.91. The van der Waals surface area contributed by atoms with Gasteiger partial charge >= 0.3 is 5.97 Å². The summed E-state index contributed by atoms with van der Waals surface area (Å²) in [6.45, 7) is 7.71. The second kappa shape index (κ2) is 7.43. The lowest BCUT2D eigenvalue weighted by atomic mass is 9.95. The minimum Gasteiger partial charge on any atom is -0.466 e. The number of carbonyl (C=O) groups excluding carboxylic acids is 2. The number of rotatable bonds is 4. The van der Waals surface area contributed by atoms with Crippen LogP contribution in [0.1, 0.15) is 55.5 Å². The van der Waals surface area contributed by atoms with Gasteiger partial charge in [-0.15, -0.1) is 0 Å². The van der Waals surface area contributed by atoms with Crippen molar-refractivity contribution in [2.45, 2.75) is 39.5 Å². The maximum atomic E-state index is 12.6. The fourth-order valence-electron chi connectivity index (χ4n) is 2.79. The molecule has 0 spiro atoms. The number of carbonyl (C=O) groups is 2. The highest BCUT2D eigenvalue weighted by Gasteiger charge is 2.28. The first-order valence-corrected chi connectivity index (χ1v) is 8.08. The molecule has 4 nitrogen and oxygen atoms in total. The van der Waals surface area contributed by atoms with E-state index in [2.05, 4.69) is 19.9 Å². The lowest BCUT2D eigenvalue weighted by Gasteiger charge is -2.31. The highest BCUT2D eigenvalue weighted by Crippen LogP contribution is 2.22. The summed E-state index contributed by atoms with van der Waals surface area (Å²) < 4.78 is 5.06. The first kappa shape index (κ1) is 16.5. The number of piperidine rings is 1. The molecule has 2 rings (SSSR count). The molecular weight excluding hydrogens is 278 g/mol. The van der Waals surface area contributed by atoms with E-state index in [9.17, 15) is 9.59 Å². The van der Waals surface area contributed by atoms with Crippen LogP contribution < -0.4 is 0 Å². The summed E-state index contributed by atoms with van der Waals surface area (Å²) in [7, 11) is 0. The lowest BCUT2D eigenvalue weighted by molar-refractivity contribution is -0.149. The van der Waals surface area contributed by atoms with Gasteiger partial charge in [-0.05, 0) is 43.4 Å². The van der Waals surface area contributed by atoms with E-state index < -0.39 is 0 Å². The van der Waals surface area contributed by atoms with E-state index in [-0.39, 0.29) is 17.8 Å². The number of nitrogens with zero attached hydrogens (tertiary/aromatic N) is 1. The standard InChI is InChI=1S/C18H25NO3/c1-4-22-18(21)14-8-10-19(11-9-14)17(20)16-7-5-6-15(12-16)13(2)3/h5-7,12-14H,4,8-11H2,1-3H3. The van der Waals surface area contributed by atoms with Crippen LogP contribution in [0.2, 0.25) is 0 Å². The molecule has 1 saturated heterocycles. The van der Waals surface area contributed by atoms with Crippen molar-refractivity contribution in [3.05, 3.63) is 35.4 Å².